The van der Waals surface area contributed by atoms with Crippen LogP contribution in [0.4, 0.5) is 8.78 Å². The van der Waals surface area contributed by atoms with Gasteiger partial charge in [0, 0.05) is 30.3 Å². The fraction of sp³-hybridized carbons (Fsp3) is 0.227. The maximum Gasteiger partial charge on any atom is 0.274 e. The molecule has 2 N–H and O–H groups in total. The van der Waals surface area contributed by atoms with Crippen molar-refractivity contribution in [3.05, 3.63) is 77.7 Å². The Balaban J connectivity index is 0.00000289. The first-order chi connectivity index (χ1) is 15.0. The van der Waals surface area contributed by atoms with E-state index in [1.807, 2.05) is 6.07 Å². The number of aldehydes is 1. The minimum atomic E-state index is -1.91. The predicted molar refractivity (Wildman–Crippen MR) is 113 cm³/mol. The van der Waals surface area contributed by atoms with Gasteiger partial charge in [0.05, 0.1) is 6.61 Å². The Morgan fingerprint density at radius 2 is 2.00 bits per heavy atom. The van der Waals surface area contributed by atoms with Crippen LogP contribution in [0.3, 0.4) is 0 Å². The van der Waals surface area contributed by atoms with Gasteiger partial charge in [0.1, 0.15) is 24.0 Å². The number of nitrogens with one attached hydrogen (secondary N) is 2. The number of amides is 1. The molecule has 0 radical (unpaired) electrons. The zero-order valence-corrected chi connectivity index (χ0v) is 17.5. The van der Waals surface area contributed by atoms with Crippen LogP contribution in [0.15, 0.2) is 59.2 Å². The number of rotatable bonds is 6. The summed E-state index contributed by atoms with van der Waals surface area (Å²) in [4.78, 5) is 29.5. The summed E-state index contributed by atoms with van der Waals surface area (Å²) >= 11 is 0. The third-order valence-corrected chi connectivity index (χ3v) is 5.08. The Bertz CT molecular complexity index is 1090. The van der Waals surface area contributed by atoms with Crippen LogP contribution >= 0.6 is 12.4 Å². The van der Waals surface area contributed by atoms with Gasteiger partial charge in [-0.3, -0.25) is 4.79 Å². The third kappa shape index (κ3) is 4.55. The molecule has 2 unspecified atom stereocenters. The predicted octanol–water partition coefficient (Wildman–Crippen LogP) is 2.85. The van der Waals surface area contributed by atoms with Crippen molar-refractivity contribution in [2.45, 2.75) is 11.6 Å². The number of nitrogens with zero attached hydrogens (tertiary/aromatic N) is 1. The zero-order valence-electron chi connectivity index (χ0n) is 16.7. The minimum absolute atomic E-state index is 0. The highest BCUT2D eigenvalue weighted by Crippen LogP contribution is 2.30. The fourth-order valence-corrected chi connectivity index (χ4v) is 3.52. The van der Waals surface area contributed by atoms with E-state index in [-0.39, 0.29) is 42.7 Å². The van der Waals surface area contributed by atoms with Crippen molar-refractivity contribution in [1.29, 1.82) is 0 Å². The second-order valence-corrected chi connectivity index (χ2v) is 7.03. The number of oxazole rings is 1. The molecular weight excluding hydrogens is 444 g/mol. The molecule has 3 aromatic rings. The second kappa shape index (κ2) is 9.99. The highest BCUT2D eigenvalue weighted by atomic mass is 35.5. The molecule has 10 heteroatoms. The van der Waals surface area contributed by atoms with Crippen molar-refractivity contribution in [3.8, 4) is 11.5 Å². The molecule has 0 spiro atoms. The maximum absolute atomic E-state index is 14.7. The number of halogens is 3. The van der Waals surface area contributed by atoms with Crippen molar-refractivity contribution in [2.24, 2.45) is 0 Å². The number of benzene rings is 2. The zero-order chi connectivity index (χ0) is 21.8. The van der Waals surface area contributed by atoms with Gasteiger partial charge >= 0.3 is 0 Å². The van der Waals surface area contributed by atoms with Gasteiger partial charge in [0.15, 0.2) is 17.5 Å². The van der Waals surface area contributed by atoms with Gasteiger partial charge in [-0.05, 0) is 18.2 Å². The number of carbonyl (C=O) groups excluding carboxylic acids is 2. The first-order valence-electron chi connectivity index (χ1n) is 9.61. The standard InChI is InChI=1S/C22H19F2N3O4.ClH/c23-15-6-7-16(17(24)10-15)22(13-28,19-11-25-8-9-30-19)27-20(29)18-12-31-21(26-18)14-4-2-1-3-5-14;/h1-7,10,12-13,19,25H,8-9,11H2,(H,27,29);1H. The Morgan fingerprint density at radius 1 is 1.22 bits per heavy atom. The van der Waals surface area contributed by atoms with Crippen molar-refractivity contribution >= 4 is 24.6 Å². The monoisotopic (exact) mass is 463 g/mol. The molecule has 1 amide bonds. The van der Waals surface area contributed by atoms with Crippen LogP contribution in [0.25, 0.3) is 11.5 Å². The Kier molecular flexibility index (Phi) is 7.34. The molecule has 0 bridgehead atoms. The summed E-state index contributed by atoms with van der Waals surface area (Å²) in [6.45, 7) is 0.958. The smallest absolute Gasteiger partial charge is 0.274 e. The lowest BCUT2D eigenvalue weighted by atomic mass is 9.84. The number of aromatic nitrogens is 1. The lowest BCUT2D eigenvalue weighted by Gasteiger charge is -2.39. The highest BCUT2D eigenvalue weighted by molar-refractivity contribution is 5.95. The Morgan fingerprint density at radius 3 is 2.66 bits per heavy atom. The fourth-order valence-electron chi connectivity index (χ4n) is 3.52. The molecule has 1 aliphatic heterocycles. The van der Waals surface area contributed by atoms with Gasteiger partial charge in [0.2, 0.25) is 5.89 Å². The summed E-state index contributed by atoms with van der Waals surface area (Å²) < 4.78 is 39.3. The van der Waals surface area contributed by atoms with Crippen LogP contribution in [0.1, 0.15) is 16.1 Å². The molecule has 2 heterocycles. The van der Waals surface area contributed by atoms with Crippen LogP contribution in [0.2, 0.25) is 0 Å². The number of hydrogen-bond acceptors (Lipinski definition) is 6. The van der Waals surface area contributed by atoms with Crippen LogP contribution in [-0.4, -0.2) is 43.0 Å². The number of carbonyl (C=O) groups is 2. The van der Waals surface area contributed by atoms with E-state index in [9.17, 15) is 18.4 Å². The lowest BCUT2D eigenvalue weighted by Crippen LogP contribution is -2.61. The lowest BCUT2D eigenvalue weighted by molar-refractivity contribution is -0.122. The molecule has 7 nitrogen and oxygen atoms in total. The summed E-state index contributed by atoms with van der Waals surface area (Å²) in [5.41, 5.74) is -1.56. The van der Waals surface area contributed by atoms with Gasteiger partial charge in [-0.2, -0.15) is 0 Å². The van der Waals surface area contributed by atoms with Crippen LogP contribution < -0.4 is 10.6 Å². The molecule has 1 saturated heterocycles. The van der Waals surface area contributed by atoms with E-state index in [0.29, 0.717) is 24.5 Å². The van der Waals surface area contributed by atoms with Crippen molar-refractivity contribution < 1.29 is 27.5 Å². The van der Waals surface area contributed by atoms with Crippen molar-refractivity contribution in [2.75, 3.05) is 19.7 Å². The van der Waals surface area contributed by atoms with Gasteiger partial charge in [-0.15, -0.1) is 12.4 Å². The molecule has 0 saturated carbocycles. The Hall–Kier alpha value is -3.14. The van der Waals surface area contributed by atoms with E-state index < -0.39 is 29.2 Å². The summed E-state index contributed by atoms with van der Waals surface area (Å²) in [5.74, 6) is -2.34. The highest BCUT2D eigenvalue weighted by Gasteiger charge is 2.46. The molecule has 1 aliphatic rings. The molecular formula is C22H20ClF2N3O4. The molecule has 32 heavy (non-hydrogen) atoms. The normalized spacial score (nSPS) is 17.6. The van der Waals surface area contributed by atoms with Gasteiger partial charge in [0.25, 0.3) is 5.91 Å². The van der Waals surface area contributed by atoms with Gasteiger partial charge in [-0.25, -0.2) is 13.8 Å². The largest absolute Gasteiger partial charge is 0.444 e. The molecule has 0 aliphatic carbocycles. The summed E-state index contributed by atoms with van der Waals surface area (Å²) in [7, 11) is 0. The molecule has 1 aromatic heterocycles. The van der Waals surface area contributed by atoms with Crippen molar-refractivity contribution in [3.63, 3.8) is 0 Å². The summed E-state index contributed by atoms with van der Waals surface area (Å²) in [6.07, 6.45) is 0.619. The summed E-state index contributed by atoms with van der Waals surface area (Å²) in [5, 5.41) is 5.60. The first-order valence-corrected chi connectivity index (χ1v) is 9.61. The third-order valence-electron chi connectivity index (χ3n) is 5.08. The van der Waals surface area contributed by atoms with Crippen LogP contribution in [-0.2, 0) is 15.1 Å². The first kappa shape index (κ1) is 23.5. The average molecular weight is 464 g/mol. The molecule has 1 fully saturated rings. The van der Waals surface area contributed by atoms with Gasteiger partial charge < -0.3 is 24.6 Å². The van der Waals surface area contributed by atoms with Gasteiger partial charge in [-0.1, -0.05) is 24.3 Å². The quantitative estimate of drug-likeness (QED) is 0.546. The maximum atomic E-state index is 14.7. The Labute approximate surface area is 188 Å². The molecule has 168 valence electrons. The average Bonchev–Trinajstić information content (AvgIpc) is 3.30. The molecule has 4 rings (SSSR count). The van der Waals surface area contributed by atoms with E-state index >= 15 is 0 Å². The molecule has 2 atom stereocenters. The van der Waals surface area contributed by atoms with Crippen LogP contribution in [0.5, 0.6) is 0 Å². The topological polar surface area (TPSA) is 93.5 Å². The second-order valence-electron chi connectivity index (χ2n) is 7.03. The summed E-state index contributed by atoms with van der Waals surface area (Å²) in [6, 6.07) is 11.7. The van der Waals surface area contributed by atoms with E-state index in [1.54, 1.807) is 24.3 Å². The van der Waals surface area contributed by atoms with E-state index in [0.717, 1.165) is 18.4 Å². The SMILES string of the molecule is Cl.O=CC(NC(=O)c1coc(-c2ccccc2)n1)(c1ccc(F)cc1F)C1CNCCO1. The number of morpholine rings is 1. The molecule has 2 aromatic carbocycles. The van der Waals surface area contributed by atoms with E-state index in [1.165, 1.54) is 0 Å². The van der Waals surface area contributed by atoms with E-state index in [2.05, 4.69) is 15.6 Å². The number of ether oxygens (including phenoxy) is 1. The minimum Gasteiger partial charge on any atom is -0.444 e. The van der Waals surface area contributed by atoms with Crippen molar-refractivity contribution in [1.82, 2.24) is 15.6 Å². The van der Waals surface area contributed by atoms with Crippen LogP contribution in [0, 0.1) is 11.6 Å². The number of hydrogen-bond donors (Lipinski definition) is 2. The van der Waals surface area contributed by atoms with E-state index in [4.69, 9.17) is 9.15 Å².